The molecule has 2 heterocycles. The largest absolute Gasteiger partial charge is 0.382 e. The lowest BCUT2D eigenvalue weighted by Gasteiger charge is -2.51. The average Bonchev–Trinajstić information content (AvgIpc) is 0.697. The Morgan fingerprint density at radius 1 is 0.379 bits per heavy atom. The van der Waals surface area contributed by atoms with E-state index in [1.54, 1.807) is 12.1 Å². The van der Waals surface area contributed by atoms with Crippen molar-refractivity contribution in [3.8, 4) is 11.5 Å². The number of aliphatic hydroxyl groups is 4. The van der Waals surface area contributed by atoms with Crippen LogP contribution in [0.3, 0.4) is 0 Å². The minimum atomic E-state index is -3.87. The quantitative estimate of drug-likeness (QED) is 0.0263. The topological polar surface area (TPSA) is 230 Å². The number of unbranched alkanes of at least 4 members (excludes halogenated alkanes) is 56. The minimum Gasteiger partial charge on any atom is -0.382 e. The number of ketones is 4. The molecule has 4 atom stereocenters. The number of carbonyl (C=O) groups is 4. The molecular weight excluding hydrogens is 1280 g/mol. The van der Waals surface area contributed by atoms with E-state index in [-0.39, 0.29) is 48.2 Å². The molecule has 0 saturated heterocycles. The van der Waals surface area contributed by atoms with E-state index in [1.807, 2.05) is 13.8 Å². The lowest BCUT2D eigenvalue weighted by Crippen LogP contribution is -2.81. The van der Waals surface area contributed by atoms with Gasteiger partial charge in [0.25, 0.3) is 5.56 Å². The third-order valence-corrected chi connectivity index (χ3v) is 22.8. The van der Waals surface area contributed by atoms with Crippen LogP contribution in [0.4, 0.5) is 0 Å². The number of nitrogens with zero attached hydrogens (tertiary/aromatic N) is 3. The zero-order valence-electron chi connectivity index (χ0n) is 67.3. The van der Waals surface area contributed by atoms with Crippen molar-refractivity contribution >= 4 is 34.2 Å². The number of nitrogens with one attached hydrogen (secondary N) is 1. The van der Waals surface area contributed by atoms with Crippen LogP contribution in [-0.4, -0.2) is 86.0 Å². The van der Waals surface area contributed by atoms with Crippen LogP contribution in [0.5, 0.6) is 0 Å². The smallest absolute Gasteiger partial charge is 0.349 e. The fourth-order valence-corrected chi connectivity index (χ4v) is 15.7. The van der Waals surface area contributed by atoms with Crippen LogP contribution in [0.1, 0.15) is 450 Å². The second kappa shape index (κ2) is 58.1. The minimum absolute atomic E-state index is 0.151. The average molecular weight is 1440 g/mol. The predicted molar refractivity (Wildman–Crippen MR) is 430 cm³/mol. The van der Waals surface area contributed by atoms with Crippen LogP contribution < -0.4 is 11.2 Å². The standard InChI is InChI=1S/C89H156N4O10/c1-7-11-15-19-23-27-31-35-39-43-47-51-55-59-63-67-78(94)83(98)88(102,80(96)69-65-61-57-53-49-45-41-37-33-29-25-21-17-13-9-3)89(103,81(97)70-66-62-58-54-50-46-42-38-34-30-26-22-18-14-10-4)87(101,79(95)68-64-60-56-52-48-44-40-36-32-28-24-20-16-12-8-2)73-93-77-72-75(6)74(5)71-76(77)90-82-84(93)91-86(100)92-85(82)99/h71-72,83,98,101-103H,7-70,73H2,1-6H3,(H,92,99,100)/t83?,87-,88-,89+/m1/s1. The van der Waals surface area contributed by atoms with Crippen molar-refractivity contribution in [1.29, 1.82) is 0 Å². The fourth-order valence-electron chi connectivity index (χ4n) is 15.7. The highest BCUT2D eigenvalue weighted by molar-refractivity contribution is 6.08. The monoisotopic (exact) mass is 1440 g/mol. The number of hydrogen-bond acceptors (Lipinski definition) is 12. The highest BCUT2D eigenvalue weighted by Crippen LogP contribution is 2.44. The maximum atomic E-state index is 16.0. The van der Waals surface area contributed by atoms with E-state index in [4.69, 9.17) is 0 Å². The van der Waals surface area contributed by atoms with Crippen LogP contribution >= 0.6 is 0 Å². The van der Waals surface area contributed by atoms with Crippen LogP contribution in [0.15, 0.2) is 21.7 Å². The summed E-state index contributed by atoms with van der Waals surface area (Å²) in [5.74, 6) is -4.94. The number of aromatic nitrogens is 4. The number of aryl methyl sites for hydroxylation is 2. The summed E-state index contributed by atoms with van der Waals surface area (Å²) < 4.78 is 1.21. The Morgan fingerprint density at radius 3 is 0.971 bits per heavy atom. The molecule has 5 N–H and O–H groups in total. The molecule has 592 valence electrons. The molecule has 0 saturated carbocycles. The van der Waals surface area contributed by atoms with E-state index in [0.29, 0.717) is 32.1 Å². The Kier molecular flexibility index (Phi) is 52.6. The van der Waals surface area contributed by atoms with Gasteiger partial charge in [-0.3, -0.25) is 29.0 Å². The van der Waals surface area contributed by atoms with Crippen LogP contribution in [-0.2, 0) is 25.7 Å². The van der Waals surface area contributed by atoms with Gasteiger partial charge < -0.3 is 25.0 Å². The number of benzene rings is 1. The third kappa shape index (κ3) is 35.7. The summed E-state index contributed by atoms with van der Waals surface area (Å²) >= 11 is 0. The summed E-state index contributed by atoms with van der Waals surface area (Å²) in [4.78, 5) is 101. The number of aliphatic hydroxyl groups excluding tert-OH is 1. The number of H-pyrrole nitrogens is 1. The Morgan fingerprint density at radius 2 is 0.650 bits per heavy atom. The molecule has 2 aliphatic rings. The van der Waals surface area contributed by atoms with Crippen molar-refractivity contribution in [1.82, 2.24) is 19.5 Å². The normalized spacial score (nSPS) is 14.0. The molecule has 0 spiro atoms. The van der Waals surface area contributed by atoms with Crippen molar-refractivity contribution in [2.75, 3.05) is 0 Å². The fraction of sp³-hybridized carbons (Fsp3) is 0.843. The van der Waals surface area contributed by atoms with Crippen molar-refractivity contribution < 1.29 is 39.6 Å². The number of hydrogen-bond donors (Lipinski definition) is 5. The van der Waals surface area contributed by atoms with Gasteiger partial charge in [0.2, 0.25) is 0 Å². The van der Waals surface area contributed by atoms with Gasteiger partial charge in [-0.1, -0.05) is 387 Å². The van der Waals surface area contributed by atoms with Gasteiger partial charge in [-0.15, -0.1) is 0 Å². The van der Waals surface area contributed by atoms with Crippen LogP contribution in [0.2, 0.25) is 0 Å². The van der Waals surface area contributed by atoms with Gasteiger partial charge in [-0.2, -0.15) is 4.98 Å². The van der Waals surface area contributed by atoms with Gasteiger partial charge in [0.05, 0.1) is 17.6 Å². The lowest BCUT2D eigenvalue weighted by atomic mass is 9.60. The number of carbonyl (C=O) groups excluding carboxylic acids is 4. The zero-order valence-corrected chi connectivity index (χ0v) is 67.3. The summed E-state index contributed by atoms with van der Waals surface area (Å²) in [5, 5.41) is 55.2. The van der Waals surface area contributed by atoms with Gasteiger partial charge in [-0.25, -0.2) is 9.78 Å². The van der Waals surface area contributed by atoms with Crippen molar-refractivity contribution in [3.05, 3.63) is 44.1 Å². The third-order valence-electron chi connectivity index (χ3n) is 22.8. The molecule has 0 bridgehead atoms. The molecule has 0 fully saturated rings. The lowest BCUT2D eigenvalue weighted by molar-refractivity contribution is -0.250. The molecule has 3 rings (SSSR count). The van der Waals surface area contributed by atoms with E-state index in [9.17, 15) is 34.8 Å². The van der Waals surface area contributed by atoms with Gasteiger partial charge in [0.1, 0.15) is 0 Å². The van der Waals surface area contributed by atoms with E-state index in [1.165, 1.54) is 216 Å². The molecule has 0 radical (unpaired) electrons. The molecule has 1 unspecified atom stereocenters. The molecule has 0 aromatic heterocycles. The molecule has 14 nitrogen and oxygen atoms in total. The van der Waals surface area contributed by atoms with Crippen LogP contribution in [0, 0.1) is 13.8 Å². The highest BCUT2D eigenvalue weighted by Gasteiger charge is 2.74. The Labute approximate surface area is 627 Å². The summed E-state index contributed by atoms with van der Waals surface area (Å²) in [6, 6.07) is 3.39. The van der Waals surface area contributed by atoms with Gasteiger partial charge in [0.15, 0.2) is 57.6 Å². The Balaban J connectivity index is 2.09. The van der Waals surface area contributed by atoms with Gasteiger partial charge >= 0.3 is 5.69 Å². The summed E-state index contributed by atoms with van der Waals surface area (Å²) in [6.07, 6.45) is 59.3. The van der Waals surface area contributed by atoms with Crippen molar-refractivity contribution in [2.24, 2.45) is 0 Å². The molecular formula is C89H156N4O10. The maximum Gasteiger partial charge on any atom is 0.349 e. The summed E-state index contributed by atoms with van der Waals surface area (Å²) in [7, 11) is 0. The summed E-state index contributed by atoms with van der Waals surface area (Å²) in [5.41, 5.74) is -11.6. The molecule has 14 heteroatoms. The van der Waals surface area contributed by atoms with Crippen LogP contribution in [0.25, 0.3) is 22.6 Å². The molecule has 2 aliphatic heterocycles. The molecule has 103 heavy (non-hydrogen) atoms. The van der Waals surface area contributed by atoms with Gasteiger partial charge in [0, 0.05) is 25.7 Å². The first-order valence-electron chi connectivity index (χ1n) is 43.9. The zero-order chi connectivity index (χ0) is 75.1. The first-order valence-corrected chi connectivity index (χ1v) is 43.9. The van der Waals surface area contributed by atoms with E-state index >= 15 is 14.4 Å². The first-order chi connectivity index (χ1) is 50.0. The number of rotatable bonds is 73. The maximum absolute atomic E-state index is 16.0. The Bertz CT molecular complexity index is 2780. The molecule has 1 aromatic rings. The molecule has 1 aromatic carbocycles. The second-order valence-corrected chi connectivity index (χ2v) is 31.9. The number of aromatic amines is 1. The first kappa shape index (κ1) is 93.2. The van der Waals surface area contributed by atoms with E-state index in [0.717, 1.165) is 133 Å². The van der Waals surface area contributed by atoms with E-state index in [2.05, 4.69) is 42.6 Å². The molecule has 0 aliphatic carbocycles. The molecule has 0 amide bonds. The van der Waals surface area contributed by atoms with Crippen molar-refractivity contribution in [3.63, 3.8) is 0 Å². The van der Waals surface area contributed by atoms with E-state index < -0.39 is 83.1 Å². The van der Waals surface area contributed by atoms with Gasteiger partial charge in [-0.05, 0) is 62.8 Å². The second-order valence-electron chi connectivity index (χ2n) is 31.9. The summed E-state index contributed by atoms with van der Waals surface area (Å²) in [6.45, 7) is 11.5. The highest BCUT2D eigenvalue weighted by atomic mass is 16.4. The number of Topliss-reactive ketones (excluding diaryl/α,β-unsaturated/α-hetero) is 4. The SMILES string of the molecule is CCCCCCCCCCCCCCCCCC(=O)C(O)[C@](O)(C(=O)CCCCCCCCCCCCCCCCC)[C@](O)(C(=O)CCCCCCCCCCCCCCCCC)[C@@](O)(Cn1c2nc(=O)[nH]c(=O)c-2nc2cc(C)c(C)cc21)C(=O)CCCCCCCCCCCCCCCCC. The number of fused-ring (bicyclic) bond motifs is 2. The Hall–Kier alpha value is -3.98. The van der Waals surface area contributed by atoms with Crippen molar-refractivity contribution in [2.45, 2.75) is 482 Å². The predicted octanol–water partition coefficient (Wildman–Crippen LogP) is 23.1.